The van der Waals surface area contributed by atoms with Gasteiger partial charge in [-0.05, 0) is 24.6 Å². The Balaban J connectivity index is 1.59. The molecule has 0 saturated carbocycles. The van der Waals surface area contributed by atoms with E-state index in [1.807, 2.05) is 12.1 Å². The van der Waals surface area contributed by atoms with Crippen LogP contribution in [-0.2, 0) is 14.3 Å². The number of carbonyl (C=O) groups is 1. The van der Waals surface area contributed by atoms with E-state index < -0.39 is 0 Å². The molecule has 6 nitrogen and oxygen atoms in total. The number of benzene rings is 1. The lowest BCUT2D eigenvalue weighted by Crippen LogP contribution is -2.23. The number of hydrogen-bond acceptors (Lipinski definition) is 6. The molecule has 2 aromatic rings. The quantitative estimate of drug-likeness (QED) is 0.837. The lowest BCUT2D eigenvalue weighted by Gasteiger charge is -2.08. The summed E-state index contributed by atoms with van der Waals surface area (Å²) >= 11 is 1.39. The van der Waals surface area contributed by atoms with Crippen LogP contribution in [0.3, 0.4) is 0 Å². The summed E-state index contributed by atoms with van der Waals surface area (Å²) in [5.41, 5.74) is 7.22. The van der Waals surface area contributed by atoms with Crippen LogP contribution in [0.4, 0.5) is 10.8 Å². The molecule has 106 valence electrons. The molecule has 7 heteroatoms. The van der Waals surface area contributed by atoms with Gasteiger partial charge in [0.15, 0.2) is 5.13 Å². The Morgan fingerprint density at radius 3 is 3.30 bits per heavy atom. The van der Waals surface area contributed by atoms with Gasteiger partial charge in [0.2, 0.25) is 0 Å². The number of anilines is 2. The number of nitrogens with two attached hydrogens (primary N) is 1. The summed E-state index contributed by atoms with van der Waals surface area (Å²) < 4.78 is 11.6. The van der Waals surface area contributed by atoms with Crippen LogP contribution < -0.4 is 11.1 Å². The predicted octanol–water partition coefficient (Wildman–Crippen LogP) is 1.62. The Morgan fingerprint density at radius 1 is 1.60 bits per heavy atom. The van der Waals surface area contributed by atoms with Crippen molar-refractivity contribution in [3.05, 3.63) is 18.2 Å². The average Bonchev–Trinajstić information content (AvgIpc) is 3.04. The Kier molecular flexibility index (Phi) is 3.81. The van der Waals surface area contributed by atoms with Crippen LogP contribution in [0.5, 0.6) is 0 Å². The molecule has 0 bridgehead atoms. The predicted molar refractivity (Wildman–Crippen MR) is 77.8 cm³/mol. The van der Waals surface area contributed by atoms with Crippen molar-refractivity contribution in [1.29, 1.82) is 0 Å². The van der Waals surface area contributed by atoms with E-state index in [1.165, 1.54) is 11.3 Å². The first kappa shape index (κ1) is 13.3. The van der Waals surface area contributed by atoms with Crippen molar-refractivity contribution in [3.63, 3.8) is 0 Å². The number of nitrogens with zero attached hydrogens (tertiary/aromatic N) is 1. The molecule has 0 radical (unpaired) electrons. The Morgan fingerprint density at radius 2 is 2.50 bits per heavy atom. The van der Waals surface area contributed by atoms with E-state index in [4.69, 9.17) is 15.2 Å². The van der Waals surface area contributed by atoms with Gasteiger partial charge in [0, 0.05) is 12.3 Å². The van der Waals surface area contributed by atoms with Crippen molar-refractivity contribution in [3.8, 4) is 0 Å². The molecular weight excluding hydrogens is 278 g/mol. The molecule has 1 aliphatic heterocycles. The summed E-state index contributed by atoms with van der Waals surface area (Å²) in [6.45, 7) is 1.28. The number of rotatable bonds is 4. The standard InChI is InChI=1S/C13H15N3O3S/c14-8-1-2-10-11(5-8)20-13(15-10)16-12(17)7-19-9-3-4-18-6-9/h1-2,5,9H,3-4,6-7,14H2,(H,15,16,17). The Labute approximate surface area is 119 Å². The van der Waals surface area contributed by atoms with Gasteiger partial charge in [-0.3, -0.25) is 10.1 Å². The first-order valence-electron chi connectivity index (χ1n) is 6.36. The van der Waals surface area contributed by atoms with Gasteiger partial charge in [0.25, 0.3) is 5.91 Å². The fraction of sp³-hybridized carbons (Fsp3) is 0.385. The van der Waals surface area contributed by atoms with Crippen molar-refractivity contribution >= 4 is 38.3 Å². The highest BCUT2D eigenvalue weighted by Crippen LogP contribution is 2.27. The monoisotopic (exact) mass is 293 g/mol. The fourth-order valence-electron chi connectivity index (χ4n) is 1.99. The number of nitrogen functional groups attached to an aromatic ring is 1. The lowest BCUT2D eigenvalue weighted by atomic mass is 10.3. The largest absolute Gasteiger partial charge is 0.399 e. The van der Waals surface area contributed by atoms with Crippen LogP contribution in [0.15, 0.2) is 18.2 Å². The number of carbonyl (C=O) groups excluding carboxylic acids is 1. The maximum absolute atomic E-state index is 11.8. The van der Waals surface area contributed by atoms with E-state index in [2.05, 4.69) is 10.3 Å². The van der Waals surface area contributed by atoms with Crippen molar-refractivity contribution in [2.24, 2.45) is 0 Å². The average molecular weight is 293 g/mol. The van der Waals surface area contributed by atoms with E-state index in [0.29, 0.717) is 24.0 Å². The third kappa shape index (κ3) is 3.06. The van der Waals surface area contributed by atoms with Gasteiger partial charge >= 0.3 is 0 Å². The molecule has 1 fully saturated rings. The summed E-state index contributed by atoms with van der Waals surface area (Å²) in [5, 5.41) is 3.29. The molecular formula is C13H15N3O3S. The minimum Gasteiger partial charge on any atom is -0.399 e. The highest BCUT2D eigenvalue weighted by molar-refractivity contribution is 7.22. The molecule has 1 aliphatic rings. The molecule has 20 heavy (non-hydrogen) atoms. The molecule has 0 aliphatic carbocycles. The molecule has 1 atom stereocenters. The Hall–Kier alpha value is -1.70. The van der Waals surface area contributed by atoms with E-state index in [0.717, 1.165) is 16.6 Å². The number of nitrogens with one attached hydrogen (secondary N) is 1. The molecule has 3 rings (SSSR count). The summed E-state index contributed by atoms with van der Waals surface area (Å²) in [7, 11) is 0. The maximum Gasteiger partial charge on any atom is 0.252 e. The minimum atomic E-state index is -0.205. The third-order valence-corrected chi connectivity index (χ3v) is 3.93. The van der Waals surface area contributed by atoms with Crippen molar-refractivity contribution in [2.75, 3.05) is 30.9 Å². The van der Waals surface area contributed by atoms with Crippen molar-refractivity contribution < 1.29 is 14.3 Å². The van der Waals surface area contributed by atoms with Gasteiger partial charge in [0.1, 0.15) is 6.61 Å². The maximum atomic E-state index is 11.8. The molecule has 3 N–H and O–H groups in total. The van der Waals surface area contributed by atoms with Crippen LogP contribution in [0.1, 0.15) is 6.42 Å². The zero-order chi connectivity index (χ0) is 13.9. The lowest BCUT2D eigenvalue weighted by molar-refractivity contribution is -0.122. The molecule has 1 aromatic carbocycles. The van der Waals surface area contributed by atoms with Gasteiger partial charge in [-0.2, -0.15) is 0 Å². The van der Waals surface area contributed by atoms with Crippen molar-refractivity contribution in [2.45, 2.75) is 12.5 Å². The summed E-state index contributed by atoms with van der Waals surface area (Å²) in [6.07, 6.45) is 0.865. The molecule has 1 aromatic heterocycles. The van der Waals surface area contributed by atoms with Crippen LogP contribution in [0.2, 0.25) is 0 Å². The van der Waals surface area contributed by atoms with Crippen molar-refractivity contribution in [1.82, 2.24) is 4.98 Å². The van der Waals surface area contributed by atoms with Gasteiger partial charge in [-0.1, -0.05) is 11.3 Å². The van der Waals surface area contributed by atoms with Crippen LogP contribution in [-0.4, -0.2) is 36.8 Å². The second kappa shape index (κ2) is 5.74. The zero-order valence-electron chi connectivity index (χ0n) is 10.8. The van der Waals surface area contributed by atoms with E-state index >= 15 is 0 Å². The van der Waals surface area contributed by atoms with Crippen LogP contribution in [0.25, 0.3) is 10.2 Å². The molecule has 0 spiro atoms. The van der Waals surface area contributed by atoms with Gasteiger partial charge in [-0.25, -0.2) is 4.98 Å². The van der Waals surface area contributed by atoms with Gasteiger partial charge in [0.05, 0.1) is 22.9 Å². The van der Waals surface area contributed by atoms with E-state index in [-0.39, 0.29) is 18.6 Å². The number of thiazole rings is 1. The number of ether oxygens (including phenoxy) is 2. The first-order chi connectivity index (χ1) is 9.70. The fourth-order valence-corrected chi connectivity index (χ4v) is 2.92. The second-order valence-electron chi connectivity index (χ2n) is 4.59. The van der Waals surface area contributed by atoms with Crippen LogP contribution >= 0.6 is 11.3 Å². The topological polar surface area (TPSA) is 86.5 Å². The molecule has 1 amide bonds. The van der Waals surface area contributed by atoms with E-state index in [9.17, 15) is 4.79 Å². The minimum absolute atomic E-state index is 0.0199. The summed E-state index contributed by atoms with van der Waals surface area (Å²) in [4.78, 5) is 16.1. The summed E-state index contributed by atoms with van der Waals surface area (Å²) in [6, 6.07) is 5.47. The second-order valence-corrected chi connectivity index (χ2v) is 5.62. The highest BCUT2D eigenvalue weighted by Gasteiger charge is 2.17. The third-order valence-electron chi connectivity index (χ3n) is 3.00. The normalized spacial score (nSPS) is 18.5. The van der Waals surface area contributed by atoms with E-state index in [1.54, 1.807) is 6.07 Å². The molecule has 1 saturated heterocycles. The SMILES string of the molecule is Nc1ccc2nc(NC(=O)COC3CCOC3)sc2c1. The van der Waals surface area contributed by atoms with Gasteiger partial charge in [-0.15, -0.1) is 0 Å². The molecule has 2 heterocycles. The van der Waals surface area contributed by atoms with Gasteiger partial charge < -0.3 is 15.2 Å². The first-order valence-corrected chi connectivity index (χ1v) is 7.17. The highest BCUT2D eigenvalue weighted by atomic mass is 32.1. The zero-order valence-corrected chi connectivity index (χ0v) is 11.6. The number of amides is 1. The van der Waals surface area contributed by atoms with Crippen LogP contribution in [0, 0.1) is 0 Å². The molecule has 1 unspecified atom stereocenters. The number of aromatic nitrogens is 1. The number of fused-ring (bicyclic) bond motifs is 1. The smallest absolute Gasteiger partial charge is 0.252 e. The number of hydrogen-bond donors (Lipinski definition) is 2. The summed E-state index contributed by atoms with van der Waals surface area (Å²) in [5.74, 6) is -0.205. The Bertz CT molecular complexity index is 622.